The highest BCUT2D eigenvalue weighted by atomic mass is 16.5. The molecule has 0 aromatic carbocycles. The first-order valence-corrected chi connectivity index (χ1v) is 8.22. The van der Waals surface area contributed by atoms with Gasteiger partial charge in [-0.25, -0.2) is 9.59 Å². The summed E-state index contributed by atoms with van der Waals surface area (Å²) in [4.78, 5) is 34.5. The Balaban J connectivity index is 3.05. The molecule has 0 aliphatic rings. The number of carbonyl (C=O) groups excluding carboxylic acids is 3. The topological polar surface area (TPSA) is 136 Å². The third kappa shape index (κ3) is 5.69. The number of nitrogens with two attached hydrogens (primary N) is 1. The zero-order valence-corrected chi connectivity index (χ0v) is 16.0. The lowest BCUT2D eigenvalue weighted by Gasteiger charge is -2.17. The summed E-state index contributed by atoms with van der Waals surface area (Å²) in [7, 11) is 1.62. The van der Waals surface area contributed by atoms with Crippen molar-refractivity contribution in [3.63, 3.8) is 0 Å². The van der Waals surface area contributed by atoms with Gasteiger partial charge >= 0.3 is 12.0 Å². The lowest BCUT2D eigenvalue weighted by molar-refractivity contribution is -0.150. The van der Waals surface area contributed by atoms with E-state index >= 15 is 0 Å². The van der Waals surface area contributed by atoms with Gasteiger partial charge in [-0.3, -0.25) is 10.1 Å². The molecule has 0 aliphatic heterocycles. The number of primary amides is 1. The van der Waals surface area contributed by atoms with Gasteiger partial charge in [0, 0.05) is 18.5 Å². The fraction of sp³-hybridized carbons (Fsp3) is 0.444. The number of urea groups is 1. The van der Waals surface area contributed by atoms with Gasteiger partial charge in [-0.15, -0.1) is 0 Å². The van der Waals surface area contributed by atoms with Crippen molar-refractivity contribution in [2.24, 2.45) is 5.73 Å². The first kappa shape index (κ1) is 21.9. The van der Waals surface area contributed by atoms with Gasteiger partial charge in [0.05, 0.1) is 12.6 Å². The maximum atomic E-state index is 12.2. The molecule has 146 valence electrons. The van der Waals surface area contributed by atoms with Crippen LogP contribution in [0.25, 0.3) is 6.08 Å². The molecule has 0 radical (unpaired) electrons. The van der Waals surface area contributed by atoms with Crippen LogP contribution in [0.2, 0.25) is 0 Å². The minimum Gasteiger partial charge on any atom is -0.448 e. The van der Waals surface area contributed by atoms with Crippen LogP contribution in [0, 0.1) is 25.2 Å². The van der Waals surface area contributed by atoms with E-state index in [9.17, 15) is 19.6 Å². The van der Waals surface area contributed by atoms with Gasteiger partial charge in [0.1, 0.15) is 11.6 Å². The third-order valence-electron chi connectivity index (χ3n) is 3.91. The Bertz CT molecular complexity index is 803. The number of nitriles is 1. The third-order valence-corrected chi connectivity index (χ3v) is 3.91. The van der Waals surface area contributed by atoms with Gasteiger partial charge < -0.3 is 19.8 Å². The molecule has 1 aromatic rings. The zero-order valence-electron chi connectivity index (χ0n) is 16.0. The number of esters is 1. The molecule has 2 atom stereocenters. The summed E-state index contributed by atoms with van der Waals surface area (Å²) in [5.74, 6) is -1.85. The van der Waals surface area contributed by atoms with Crippen LogP contribution in [0.4, 0.5) is 4.79 Å². The van der Waals surface area contributed by atoms with E-state index in [-0.39, 0.29) is 11.6 Å². The highest BCUT2D eigenvalue weighted by Gasteiger charge is 2.22. The quantitative estimate of drug-likeness (QED) is 0.419. The van der Waals surface area contributed by atoms with Gasteiger partial charge in [-0.2, -0.15) is 5.26 Å². The molecule has 0 saturated heterocycles. The summed E-state index contributed by atoms with van der Waals surface area (Å²) in [6, 6.07) is 2.63. The van der Waals surface area contributed by atoms with Crippen molar-refractivity contribution in [1.82, 2.24) is 9.88 Å². The Morgan fingerprint density at radius 1 is 1.37 bits per heavy atom. The first-order valence-electron chi connectivity index (χ1n) is 8.22. The summed E-state index contributed by atoms with van der Waals surface area (Å²) in [5, 5.41) is 11.1. The molecule has 3 amide bonds. The number of carbonyl (C=O) groups is 3. The molecule has 1 rings (SSSR count). The molecule has 0 spiro atoms. The van der Waals surface area contributed by atoms with E-state index in [0.717, 1.165) is 11.4 Å². The Morgan fingerprint density at radius 2 is 2.00 bits per heavy atom. The number of aromatic nitrogens is 1. The molecule has 0 saturated carbocycles. The molecular weight excluding hydrogens is 352 g/mol. The normalized spacial score (nSPS) is 13.4. The second kappa shape index (κ2) is 9.54. The highest BCUT2D eigenvalue weighted by molar-refractivity contribution is 6.01. The maximum Gasteiger partial charge on any atom is 0.349 e. The maximum absolute atomic E-state index is 12.2. The largest absolute Gasteiger partial charge is 0.448 e. The molecule has 1 aromatic heterocycles. The van der Waals surface area contributed by atoms with Gasteiger partial charge in [-0.1, -0.05) is 0 Å². The lowest BCUT2D eigenvalue weighted by atomic mass is 10.1. The average molecular weight is 376 g/mol. The molecule has 0 fully saturated rings. The standard InChI is InChI=1S/C18H24N4O5/c1-10-6-14(12(3)22(10)11(2)9-26-5)7-15(8-19)17(24)27-13(4)16(23)21-18(20)25/h6-7,11,13H,9H2,1-5H3,(H3,20,21,23,25)/b15-7+/t11-,13-/m0/s1. The number of amides is 3. The fourth-order valence-electron chi connectivity index (χ4n) is 2.74. The monoisotopic (exact) mass is 376 g/mol. The lowest BCUT2D eigenvalue weighted by Crippen LogP contribution is -2.42. The van der Waals surface area contributed by atoms with Crippen molar-refractivity contribution in [3.05, 3.63) is 28.6 Å². The van der Waals surface area contributed by atoms with Crippen LogP contribution in [0.3, 0.4) is 0 Å². The number of nitrogens with one attached hydrogen (secondary N) is 1. The molecule has 3 N–H and O–H groups in total. The van der Waals surface area contributed by atoms with Crippen LogP contribution in [-0.2, 0) is 19.1 Å². The van der Waals surface area contributed by atoms with Gasteiger partial charge in [0.15, 0.2) is 6.10 Å². The van der Waals surface area contributed by atoms with Crippen LogP contribution in [-0.4, -0.2) is 42.3 Å². The number of nitrogens with zero attached hydrogens (tertiary/aromatic N) is 2. The molecule has 0 unspecified atom stereocenters. The van der Waals surface area contributed by atoms with Crippen molar-refractivity contribution < 1.29 is 23.9 Å². The van der Waals surface area contributed by atoms with E-state index in [0.29, 0.717) is 12.2 Å². The van der Waals surface area contributed by atoms with Crippen molar-refractivity contribution in [1.29, 1.82) is 5.26 Å². The molecule has 0 bridgehead atoms. The van der Waals surface area contributed by atoms with E-state index in [1.807, 2.05) is 31.4 Å². The second-order valence-corrected chi connectivity index (χ2v) is 6.07. The number of imide groups is 1. The van der Waals surface area contributed by atoms with Crippen LogP contribution in [0.15, 0.2) is 11.6 Å². The first-order chi connectivity index (χ1) is 12.6. The van der Waals surface area contributed by atoms with E-state index in [2.05, 4.69) is 0 Å². The molecule has 9 heteroatoms. The van der Waals surface area contributed by atoms with Gasteiger partial charge in [0.2, 0.25) is 0 Å². The summed E-state index contributed by atoms with van der Waals surface area (Å²) < 4.78 is 12.1. The van der Waals surface area contributed by atoms with Crippen molar-refractivity contribution >= 4 is 24.0 Å². The average Bonchev–Trinajstić information content (AvgIpc) is 2.85. The van der Waals surface area contributed by atoms with E-state index in [1.54, 1.807) is 18.5 Å². The van der Waals surface area contributed by atoms with E-state index in [1.165, 1.54) is 13.0 Å². The fourth-order valence-corrected chi connectivity index (χ4v) is 2.74. The number of aryl methyl sites for hydroxylation is 1. The molecular formula is C18H24N4O5. The van der Waals surface area contributed by atoms with Crippen molar-refractivity contribution in [3.8, 4) is 6.07 Å². The van der Waals surface area contributed by atoms with Gasteiger partial charge in [0.25, 0.3) is 5.91 Å². The number of rotatable bonds is 7. The molecule has 9 nitrogen and oxygen atoms in total. The zero-order chi connectivity index (χ0) is 20.7. The summed E-state index contributed by atoms with van der Waals surface area (Å²) >= 11 is 0. The Morgan fingerprint density at radius 3 is 2.52 bits per heavy atom. The minimum absolute atomic E-state index is 0.0761. The number of hydrogen-bond acceptors (Lipinski definition) is 6. The predicted molar refractivity (Wildman–Crippen MR) is 97.4 cm³/mol. The highest BCUT2D eigenvalue weighted by Crippen LogP contribution is 2.23. The van der Waals surface area contributed by atoms with Crippen LogP contribution in [0.1, 0.15) is 36.8 Å². The Kier molecular flexibility index (Phi) is 7.75. The molecule has 0 aliphatic carbocycles. The van der Waals surface area contributed by atoms with Crippen LogP contribution >= 0.6 is 0 Å². The van der Waals surface area contributed by atoms with E-state index < -0.39 is 24.0 Å². The van der Waals surface area contributed by atoms with Crippen molar-refractivity contribution in [2.75, 3.05) is 13.7 Å². The number of methoxy groups -OCH3 is 1. The number of ether oxygens (including phenoxy) is 2. The second-order valence-electron chi connectivity index (χ2n) is 6.07. The molecule has 1 heterocycles. The van der Waals surface area contributed by atoms with E-state index in [4.69, 9.17) is 15.2 Å². The predicted octanol–water partition coefficient (Wildman–Crippen LogP) is 1.35. The summed E-state index contributed by atoms with van der Waals surface area (Å²) in [5.41, 5.74) is 7.06. The summed E-state index contributed by atoms with van der Waals surface area (Å²) in [6.07, 6.45) is 0.121. The Labute approximate surface area is 157 Å². The SMILES string of the molecule is COC[C@H](C)n1c(C)cc(/C=C(\C#N)C(=O)O[C@@H](C)C(=O)NC(N)=O)c1C. The van der Waals surface area contributed by atoms with Crippen molar-refractivity contribution in [2.45, 2.75) is 39.8 Å². The summed E-state index contributed by atoms with van der Waals surface area (Å²) in [6.45, 7) is 7.56. The van der Waals surface area contributed by atoms with Gasteiger partial charge in [-0.05, 0) is 45.4 Å². The van der Waals surface area contributed by atoms with Crippen LogP contribution in [0.5, 0.6) is 0 Å². The minimum atomic E-state index is -1.28. The number of hydrogen-bond donors (Lipinski definition) is 2. The molecule has 27 heavy (non-hydrogen) atoms. The Hall–Kier alpha value is -3.12. The van der Waals surface area contributed by atoms with Crippen LogP contribution < -0.4 is 11.1 Å². The smallest absolute Gasteiger partial charge is 0.349 e.